The molecule has 2 saturated heterocycles. The van der Waals surface area contributed by atoms with Crippen molar-refractivity contribution in [3.63, 3.8) is 0 Å². The number of hydrogen-bond acceptors (Lipinski definition) is 3. The van der Waals surface area contributed by atoms with Gasteiger partial charge in [0.1, 0.15) is 0 Å². The third kappa shape index (κ3) is 5.05. The minimum absolute atomic E-state index is 0.0727. The number of likely N-dealkylation sites (tertiary alicyclic amines) is 1. The molecular formula is C26H31N3O2. The number of piperidine rings is 1. The molecule has 0 bridgehead atoms. The van der Waals surface area contributed by atoms with Crippen LogP contribution in [-0.2, 0) is 9.59 Å². The first-order valence-electron chi connectivity index (χ1n) is 11.1. The van der Waals surface area contributed by atoms with Crippen LogP contribution in [0, 0.1) is 0 Å². The van der Waals surface area contributed by atoms with E-state index in [1.165, 1.54) is 23.6 Å². The highest BCUT2D eigenvalue weighted by Crippen LogP contribution is 2.41. The van der Waals surface area contributed by atoms with E-state index in [1.54, 1.807) is 0 Å². The molecule has 2 N–H and O–H groups in total. The Morgan fingerprint density at radius 3 is 2.58 bits per heavy atom. The zero-order chi connectivity index (χ0) is 21.8. The molecule has 2 aromatic rings. The van der Waals surface area contributed by atoms with Crippen LogP contribution in [0.5, 0.6) is 0 Å². The van der Waals surface area contributed by atoms with Gasteiger partial charge >= 0.3 is 0 Å². The van der Waals surface area contributed by atoms with Crippen molar-refractivity contribution in [3.05, 3.63) is 71.3 Å². The first-order valence-corrected chi connectivity index (χ1v) is 11.1. The largest absolute Gasteiger partial charge is 0.349 e. The molecule has 31 heavy (non-hydrogen) atoms. The Bertz CT molecular complexity index is 968. The van der Waals surface area contributed by atoms with E-state index in [9.17, 15) is 9.59 Å². The summed E-state index contributed by atoms with van der Waals surface area (Å²) in [5, 5.41) is 6.20. The van der Waals surface area contributed by atoms with E-state index in [-0.39, 0.29) is 23.3 Å². The van der Waals surface area contributed by atoms with Crippen molar-refractivity contribution in [2.45, 2.75) is 44.6 Å². The Morgan fingerprint density at radius 1 is 1.16 bits per heavy atom. The van der Waals surface area contributed by atoms with Crippen LogP contribution in [-0.4, -0.2) is 41.9 Å². The SMILES string of the molecule is CC(=O)Nc1ccc([C@@H]2CN(C/C(C)=C/c3ccccc3)C[C@]23CCCC(=O)N3)cc1. The summed E-state index contributed by atoms with van der Waals surface area (Å²) in [5.41, 5.74) is 4.31. The molecule has 2 aromatic carbocycles. The van der Waals surface area contributed by atoms with Crippen molar-refractivity contribution in [1.82, 2.24) is 10.2 Å². The highest BCUT2D eigenvalue weighted by atomic mass is 16.2. The van der Waals surface area contributed by atoms with Crippen LogP contribution in [0.3, 0.4) is 0 Å². The number of nitrogens with one attached hydrogen (secondary N) is 2. The van der Waals surface area contributed by atoms with Crippen LogP contribution in [0.1, 0.15) is 50.2 Å². The fourth-order valence-corrected chi connectivity index (χ4v) is 5.13. The van der Waals surface area contributed by atoms with E-state index in [0.29, 0.717) is 6.42 Å². The average molecular weight is 418 g/mol. The van der Waals surface area contributed by atoms with E-state index < -0.39 is 0 Å². The zero-order valence-corrected chi connectivity index (χ0v) is 18.4. The second-order valence-electron chi connectivity index (χ2n) is 8.98. The third-order valence-corrected chi connectivity index (χ3v) is 6.35. The molecule has 4 rings (SSSR count). The Morgan fingerprint density at radius 2 is 1.90 bits per heavy atom. The Labute approximate surface area is 184 Å². The average Bonchev–Trinajstić information content (AvgIpc) is 3.05. The maximum atomic E-state index is 12.4. The lowest BCUT2D eigenvalue weighted by atomic mass is 9.76. The quantitative estimate of drug-likeness (QED) is 0.767. The summed E-state index contributed by atoms with van der Waals surface area (Å²) in [6.45, 7) is 6.33. The predicted octanol–water partition coefficient (Wildman–Crippen LogP) is 4.19. The van der Waals surface area contributed by atoms with Gasteiger partial charge in [-0.3, -0.25) is 14.5 Å². The normalized spacial score (nSPS) is 24.3. The van der Waals surface area contributed by atoms with Gasteiger partial charge in [-0.25, -0.2) is 0 Å². The number of hydrogen-bond donors (Lipinski definition) is 2. The molecule has 2 amide bonds. The molecule has 0 unspecified atom stereocenters. The molecule has 5 heteroatoms. The minimum Gasteiger partial charge on any atom is -0.349 e. The topological polar surface area (TPSA) is 61.4 Å². The molecule has 2 heterocycles. The first kappa shape index (κ1) is 21.3. The Hall–Kier alpha value is -2.92. The molecule has 0 saturated carbocycles. The summed E-state index contributed by atoms with van der Waals surface area (Å²) in [4.78, 5) is 26.2. The maximum absolute atomic E-state index is 12.4. The molecule has 2 aliphatic heterocycles. The summed E-state index contributed by atoms with van der Waals surface area (Å²) in [7, 11) is 0. The number of anilines is 1. The van der Waals surface area contributed by atoms with Crippen molar-refractivity contribution in [2.24, 2.45) is 0 Å². The summed E-state index contributed by atoms with van der Waals surface area (Å²) in [5.74, 6) is 0.314. The molecule has 2 aliphatic rings. The zero-order valence-electron chi connectivity index (χ0n) is 18.4. The summed E-state index contributed by atoms with van der Waals surface area (Å²) < 4.78 is 0. The van der Waals surface area contributed by atoms with E-state index in [1.807, 2.05) is 18.2 Å². The first-order chi connectivity index (χ1) is 14.9. The Balaban J connectivity index is 1.55. The van der Waals surface area contributed by atoms with Gasteiger partial charge in [-0.1, -0.05) is 54.1 Å². The monoisotopic (exact) mass is 417 g/mol. The van der Waals surface area contributed by atoms with E-state index in [2.05, 4.69) is 64.9 Å². The van der Waals surface area contributed by atoms with E-state index in [0.717, 1.165) is 38.2 Å². The van der Waals surface area contributed by atoms with Crippen molar-refractivity contribution in [1.29, 1.82) is 0 Å². The number of benzene rings is 2. The van der Waals surface area contributed by atoms with Gasteiger partial charge in [-0.15, -0.1) is 0 Å². The Kier molecular flexibility index (Phi) is 6.23. The highest BCUT2D eigenvalue weighted by Gasteiger charge is 2.49. The standard InChI is InChI=1S/C26H31N3O2/c1-19(15-21-7-4-3-5-8-21)16-29-17-24(26(18-29)14-6-9-25(31)28-26)22-10-12-23(13-11-22)27-20(2)30/h3-5,7-8,10-13,15,24H,6,9,14,16-18H2,1-2H3,(H,27,30)(H,28,31)/b19-15+/t24-,26+/m0/s1. The number of rotatable bonds is 5. The van der Waals surface area contributed by atoms with Gasteiger partial charge in [-0.05, 0) is 43.0 Å². The van der Waals surface area contributed by atoms with Crippen molar-refractivity contribution >= 4 is 23.6 Å². The number of carbonyl (C=O) groups is 2. The second-order valence-corrected chi connectivity index (χ2v) is 8.98. The molecule has 2 fully saturated rings. The fourth-order valence-electron chi connectivity index (χ4n) is 5.13. The van der Waals surface area contributed by atoms with Crippen LogP contribution >= 0.6 is 0 Å². The molecule has 0 aliphatic carbocycles. The maximum Gasteiger partial charge on any atom is 0.221 e. The van der Waals surface area contributed by atoms with Crippen LogP contribution < -0.4 is 10.6 Å². The second kappa shape index (κ2) is 9.06. The van der Waals surface area contributed by atoms with Crippen LogP contribution in [0.2, 0.25) is 0 Å². The van der Waals surface area contributed by atoms with Gasteiger partial charge in [-0.2, -0.15) is 0 Å². The van der Waals surface area contributed by atoms with Gasteiger partial charge in [0.25, 0.3) is 0 Å². The predicted molar refractivity (Wildman–Crippen MR) is 125 cm³/mol. The number of nitrogens with zero attached hydrogens (tertiary/aromatic N) is 1. The molecule has 0 radical (unpaired) electrons. The summed E-state index contributed by atoms with van der Waals surface area (Å²) in [6.07, 6.45) is 4.78. The summed E-state index contributed by atoms with van der Waals surface area (Å²) >= 11 is 0. The minimum atomic E-state index is -0.224. The van der Waals surface area contributed by atoms with Gasteiger partial charge in [0.2, 0.25) is 11.8 Å². The highest BCUT2D eigenvalue weighted by molar-refractivity contribution is 5.88. The van der Waals surface area contributed by atoms with E-state index >= 15 is 0 Å². The molecule has 1 spiro atoms. The third-order valence-electron chi connectivity index (χ3n) is 6.35. The molecule has 2 atom stereocenters. The fraction of sp³-hybridized carbons (Fsp3) is 0.385. The number of carbonyl (C=O) groups excluding carboxylic acids is 2. The summed E-state index contributed by atoms with van der Waals surface area (Å²) in [6, 6.07) is 18.5. The molecule has 5 nitrogen and oxygen atoms in total. The lowest BCUT2D eigenvalue weighted by Gasteiger charge is -2.39. The van der Waals surface area contributed by atoms with Crippen molar-refractivity contribution in [2.75, 3.05) is 25.0 Å². The van der Waals surface area contributed by atoms with Crippen molar-refractivity contribution < 1.29 is 9.59 Å². The molecule has 162 valence electrons. The van der Waals surface area contributed by atoms with E-state index in [4.69, 9.17) is 0 Å². The van der Waals surface area contributed by atoms with Gasteiger partial charge in [0, 0.05) is 44.6 Å². The van der Waals surface area contributed by atoms with Crippen LogP contribution in [0.15, 0.2) is 60.2 Å². The lowest BCUT2D eigenvalue weighted by molar-refractivity contribution is -0.125. The van der Waals surface area contributed by atoms with Gasteiger partial charge in [0.05, 0.1) is 5.54 Å². The number of amides is 2. The lowest BCUT2D eigenvalue weighted by Crippen LogP contribution is -2.56. The molecule has 0 aromatic heterocycles. The van der Waals surface area contributed by atoms with Crippen LogP contribution in [0.25, 0.3) is 6.08 Å². The van der Waals surface area contributed by atoms with Gasteiger partial charge < -0.3 is 10.6 Å². The smallest absolute Gasteiger partial charge is 0.221 e. The van der Waals surface area contributed by atoms with Crippen molar-refractivity contribution in [3.8, 4) is 0 Å². The molecular weight excluding hydrogens is 386 g/mol. The van der Waals surface area contributed by atoms with Gasteiger partial charge in [0.15, 0.2) is 0 Å². The van der Waals surface area contributed by atoms with Crippen LogP contribution in [0.4, 0.5) is 5.69 Å².